The summed E-state index contributed by atoms with van der Waals surface area (Å²) in [6, 6.07) is 10.1. The van der Waals surface area contributed by atoms with Crippen molar-refractivity contribution in [2.75, 3.05) is 7.05 Å². The van der Waals surface area contributed by atoms with Gasteiger partial charge in [0.15, 0.2) is 0 Å². The van der Waals surface area contributed by atoms with Crippen molar-refractivity contribution in [3.05, 3.63) is 35.4 Å². The highest BCUT2D eigenvalue weighted by Crippen LogP contribution is 2.34. The Bertz CT molecular complexity index is 375. The maximum atomic E-state index is 6.01. The Morgan fingerprint density at radius 3 is 2.00 bits per heavy atom. The molecule has 0 heterocycles. The fourth-order valence-electron chi connectivity index (χ4n) is 3.24. The fraction of sp³-hybridized carbons (Fsp3) is 0.647. The standard InChI is InChI=1S/C17H28N2/c1-12(2)13-4-6-14(7-5-13)17(19-3)15-8-10-16(18)11-9-15/h4-7,12,15-17,19H,8-11,18H2,1-3H3. The number of hydrogen-bond donors (Lipinski definition) is 2. The lowest BCUT2D eigenvalue weighted by Crippen LogP contribution is -2.33. The molecule has 1 unspecified atom stereocenters. The highest BCUT2D eigenvalue weighted by atomic mass is 14.9. The first kappa shape index (κ1) is 14.5. The molecule has 0 saturated heterocycles. The van der Waals surface area contributed by atoms with Gasteiger partial charge < -0.3 is 11.1 Å². The molecule has 2 nitrogen and oxygen atoms in total. The lowest BCUT2D eigenvalue weighted by Gasteiger charge is -2.33. The summed E-state index contributed by atoms with van der Waals surface area (Å²) in [6.45, 7) is 4.49. The van der Waals surface area contributed by atoms with Gasteiger partial charge in [-0.2, -0.15) is 0 Å². The van der Waals surface area contributed by atoms with Crippen molar-refractivity contribution < 1.29 is 0 Å². The average Bonchev–Trinajstić information content (AvgIpc) is 2.42. The molecule has 0 aliphatic heterocycles. The van der Waals surface area contributed by atoms with Crippen LogP contribution in [0.4, 0.5) is 0 Å². The SMILES string of the molecule is CNC(c1ccc(C(C)C)cc1)C1CCC(N)CC1. The van der Waals surface area contributed by atoms with E-state index in [4.69, 9.17) is 5.73 Å². The van der Waals surface area contributed by atoms with Crippen molar-refractivity contribution >= 4 is 0 Å². The largest absolute Gasteiger partial charge is 0.328 e. The molecule has 1 fully saturated rings. The molecule has 106 valence electrons. The Morgan fingerprint density at radius 1 is 1.00 bits per heavy atom. The van der Waals surface area contributed by atoms with Crippen molar-refractivity contribution in [1.82, 2.24) is 5.32 Å². The smallest absolute Gasteiger partial charge is 0.0346 e. The summed E-state index contributed by atoms with van der Waals surface area (Å²) in [5.74, 6) is 1.34. The molecule has 19 heavy (non-hydrogen) atoms. The van der Waals surface area contributed by atoms with E-state index in [0.29, 0.717) is 18.0 Å². The Balaban J connectivity index is 2.08. The summed E-state index contributed by atoms with van der Waals surface area (Å²) in [5, 5.41) is 3.51. The number of hydrogen-bond acceptors (Lipinski definition) is 2. The second-order valence-corrected chi connectivity index (χ2v) is 6.26. The summed E-state index contributed by atoms with van der Waals surface area (Å²) in [5.41, 5.74) is 8.85. The van der Waals surface area contributed by atoms with Crippen molar-refractivity contribution in [3.63, 3.8) is 0 Å². The maximum Gasteiger partial charge on any atom is 0.0346 e. The van der Waals surface area contributed by atoms with Crippen molar-refractivity contribution in [1.29, 1.82) is 0 Å². The van der Waals surface area contributed by atoms with Gasteiger partial charge in [0, 0.05) is 12.1 Å². The molecule has 0 aromatic heterocycles. The molecule has 0 spiro atoms. The van der Waals surface area contributed by atoms with Crippen molar-refractivity contribution in [3.8, 4) is 0 Å². The third kappa shape index (κ3) is 3.58. The van der Waals surface area contributed by atoms with Crippen LogP contribution in [0, 0.1) is 5.92 Å². The number of benzene rings is 1. The number of rotatable bonds is 4. The first-order valence-electron chi connectivity index (χ1n) is 7.64. The minimum Gasteiger partial charge on any atom is -0.328 e. The summed E-state index contributed by atoms with van der Waals surface area (Å²) < 4.78 is 0. The van der Waals surface area contributed by atoms with Crippen LogP contribution in [0.1, 0.15) is 62.6 Å². The molecule has 0 radical (unpaired) electrons. The molecule has 2 heteroatoms. The van der Waals surface area contributed by atoms with Crippen LogP contribution in [0.15, 0.2) is 24.3 Å². The van der Waals surface area contributed by atoms with Crippen LogP contribution in [0.2, 0.25) is 0 Å². The molecule has 1 aromatic carbocycles. The molecule has 1 atom stereocenters. The Morgan fingerprint density at radius 2 is 1.53 bits per heavy atom. The molecule has 0 amide bonds. The van der Waals surface area contributed by atoms with Gasteiger partial charge in [0.25, 0.3) is 0 Å². The van der Waals surface area contributed by atoms with E-state index in [9.17, 15) is 0 Å². The van der Waals surface area contributed by atoms with E-state index in [1.54, 1.807) is 0 Å². The fourth-order valence-corrected chi connectivity index (χ4v) is 3.24. The van der Waals surface area contributed by atoms with Crippen molar-refractivity contribution in [2.24, 2.45) is 11.7 Å². The minimum atomic E-state index is 0.428. The maximum absolute atomic E-state index is 6.01. The summed E-state index contributed by atoms with van der Waals surface area (Å²) in [7, 11) is 2.08. The third-order valence-electron chi connectivity index (χ3n) is 4.56. The zero-order chi connectivity index (χ0) is 13.8. The van der Waals surface area contributed by atoms with E-state index >= 15 is 0 Å². The molecule has 1 aliphatic rings. The molecule has 1 aliphatic carbocycles. The van der Waals surface area contributed by atoms with Crippen LogP contribution in [-0.4, -0.2) is 13.1 Å². The molecule has 1 saturated carbocycles. The molecule has 0 bridgehead atoms. The lowest BCUT2D eigenvalue weighted by molar-refractivity contribution is 0.262. The average molecular weight is 260 g/mol. The normalized spacial score (nSPS) is 25.5. The van der Waals surface area contributed by atoms with E-state index in [2.05, 4.69) is 50.5 Å². The van der Waals surface area contributed by atoms with Gasteiger partial charge in [-0.3, -0.25) is 0 Å². The Labute approximate surface area is 117 Å². The zero-order valence-corrected chi connectivity index (χ0v) is 12.5. The molecule has 2 rings (SSSR count). The Hall–Kier alpha value is -0.860. The Kier molecular flexibility index (Phi) is 5.00. The van der Waals surface area contributed by atoms with Crippen LogP contribution >= 0.6 is 0 Å². The first-order chi connectivity index (χ1) is 9.11. The topological polar surface area (TPSA) is 38.0 Å². The van der Waals surface area contributed by atoms with Gasteiger partial charge in [0.05, 0.1) is 0 Å². The van der Waals surface area contributed by atoms with Gasteiger partial charge in [-0.05, 0) is 55.7 Å². The predicted molar refractivity (Wildman–Crippen MR) is 82.3 cm³/mol. The number of nitrogens with one attached hydrogen (secondary N) is 1. The monoisotopic (exact) mass is 260 g/mol. The quantitative estimate of drug-likeness (QED) is 0.868. The van der Waals surface area contributed by atoms with E-state index in [-0.39, 0.29) is 0 Å². The van der Waals surface area contributed by atoms with Gasteiger partial charge >= 0.3 is 0 Å². The molecular formula is C17H28N2. The van der Waals surface area contributed by atoms with E-state index in [1.807, 2.05) is 0 Å². The van der Waals surface area contributed by atoms with Gasteiger partial charge in [0.1, 0.15) is 0 Å². The van der Waals surface area contributed by atoms with Gasteiger partial charge in [-0.15, -0.1) is 0 Å². The van der Waals surface area contributed by atoms with E-state index < -0.39 is 0 Å². The zero-order valence-electron chi connectivity index (χ0n) is 12.5. The minimum absolute atomic E-state index is 0.428. The molecule has 1 aromatic rings. The van der Waals surface area contributed by atoms with Crippen LogP contribution < -0.4 is 11.1 Å². The van der Waals surface area contributed by atoms with E-state index in [1.165, 1.54) is 36.8 Å². The van der Waals surface area contributed by atoms with E-state index in [0.717, 1.165) is 5.92 Å². The highest BCUT2D eigenvalue weighted by Gasteiger charge is 2.26. The van der Waals surface area contributed by atoms with Gasteiger partial charge in [-0.25, -0.2) is 0 Å². The molecule has 3 N–H and O–H groups in total. The second-order valence-electron chi connectivity index (χ2n) is 6.26. The summed E-state index contributed by atoms with van der Waals surface area (Å²) in [4.78, 5) is 0. The molecular weight excluding hydrogens is 232 g/mol. The van der Waals surface area contributed by atoms with Crippen LogP contribution in [0.5, 0.6) is 0 Å². The highest BCUT2D eigenvalue weighted by molar-refractivity contribution is 5.27. The number of nitrogens with two attached hydrogens (primary N) is 1. The van der Waals surface area contributed by atoms with Crippen molar-refractivity contribution in [2.45, 2.75) is 57.5 Å². The third-order valence-corrected chi connectivity index (χ3v) is 4.56. The summed E-state index contributed by atoms with van der Waals surface area (Å²) in [6.07, 6.45) is 4.84. The van der Waals surface area contributed by atoms with Crippen LogP contribution in [-0.2, 0) is 0 Å². The summed E-state index contributed by atoms with van der Waals surface area (Å²) >= 11 is 0. The first-order valence-corrected chi connectivity index (χ1v) is 7.64. The van der Waals surface area contributed by atoms with Gasteiger partial charge in [-0.1, -0.05) is 38.1 Å². The lowest BCUT2D eigenvalue weighted by atomic mass is 9.79. The van der Waals surface area contributed by atoms with Gasteiger partial charge in [0.2, 0.25) is 0 Å². The van der Waals surface area contributed by atoms with Crippen LogP contribution in [0.3, 0.4) is 0 Å². The predicted octanol–water partition coefficient (Wildman–Crippen LogP) is 3.59. The van der Waals surface area contributed by atoms with Crippen LogP contribution in [0.25, 0.3) is 0 Å². The second kappa shape index (κ2) is 6.53.